The summed E-state index contributed by atoms with van der Waals surface area (Å²) in [6.45, 7) is 0. The third kappa shape index (κ3) is 3.15. The van der Waals surface area contributed by atoms with E-state index in [0.717, 1.165) is 12.1 Å². The van der Waals surface area contributed by atoms with Crippen molar-refractivity contribution in [3.05, 3.63) is 51.4 Å². The number of pyridine rings is 1. The number of rotatable bonds is 2. The zero-order valence-corrected chi connectivity index (χ0v) is 11.9. The number of nitrogens with zero attached hydrogens (tertiary/aromatic N) is 1. The molecule has 0 aliphatic heterocycles. The van der Waals surface area contributed by atoms with Crippen molar-refractivity contribution in [2.75, 3.05) is 0 Å². The molecule has 1 aromatic heterocycles. The van der Waals surface area contributed by atoms with Crippen molar-refractivity contribution in [2.24, 2.45) is 0 Å². The highest BCUT2D eigenvalue weighted by Gasteiger charge is 2.32. The molecular formula is C13H5Cl2F4NO2. The average Bonchev–Trinajstić information content (AvgIpc) is 2.38. The van der Waals surface area contributed by atoms with Crippen LogP contribution in [0.5, 0.6) is 0 Å². The number of carboxylic acid groups (broad SMARTS) is 1. The van der Waals surface area contributed by atoms with E-state index in [1.54, 1.807) is 0 Å². The third-order valence-corrected chi connectivity index (χ3v) is 3.31. The lowest BCUT2D eigenvalue weighted by atomic mass is 10.1. The summed E-state index contributed by atoms with van der Waals surface area (Å²) in [5, 5.41) is 8.12. The summed E-state index contributed by atoms with van der Waals surface area (Å²) in [5.41, 5.74) is -2.20. The van der Waals surface area contributed by atoms with Gasteiger partial charge in [0.15, 0.2) is 0 Å². The molecule has 0 radical (unpaired) electrons. The molecule has 0 unspecified atom stereocenters. The molecule has 1 heterocycles. The maximum absolute atomic E-state index is 13.9. The van der Waals surface area contributed by atoms with E-state index >= 15 is 0 Å². The predicted molar refractivity (Wildman–Crippen MR) is 71.6 cm³/mol. The van der Waals surface area contributed by atoms with Crippen molar-refractivity contribution in [3.8, 4) is 11.3 Å². The Labute approximate surface area is 131 Å². The molecule has 22 heavy (non-hydrogen) atoms. The number of aromatic carboxylic acids is 1. The van der Waals surface area contributed by atoms with Crippen molar-refractivity contribution in [1.82, 2.24) is 4.98 Å². The summed E-state index contributed by atoms with van der Waals surface area (Å²) in [4.78, 5) is 14.5. The highest BCUT2D eigenvalue weighted by molar-refractivity contribution is 6.34. The minimum absolute atomic E-state index is 0.314. The fourth-order valence-electron chi connectivity index (χ4n) is 1.69. The van der Waals surface area contributed by atoms with E-state index in [2.05, 4.69) is 4.98 Å². The van der Waals surface area contributed by atoms with Crippen LogP contribution < -0.4 is 0 Å². The van der Waals surface area contributed by atoms with Gasteiger partial charge in [-0.05, 0) is 18.2 Å². The van der Waals surface area contributed by atoms with Crippen LogP contribution in [0, 0.1) is 5.82 Å². The molecule has 0 aliphatic rings. The molecule has 2 aromatic rings. The number of carboxylic acids is 1. The lowest BCUT2D eigenvalue weighted by molar-refractivity contribution is -0.137. The van der Waals surface area contributed by atoms with Gasteiger partial charge in [-0.3, -0.25) is 4.98 Å². The second kappa shape index (κ2) is 5.73. The molecule has 0 saturated heterocycles. The average molecular weight is 354 g/mol. The Balaban J connectivity index is 2.62. The number of carbonyl (C=O) groups is 1. The maximum Gasteiger partial charge on any atom is 0.417 e. The van der Waals surface area contributed by atoms with Gasteiger partial charge in [-0.15, -0.1) is 0 Å². The molecule has 9 heteroatoms. The maximum atomic E-state index is 13.9. The van der Waals surface area contributed by atoms with Crippen molar-refractivity contribution >= 4 is 29.2 Å². The van der Waals surface area contributed by atoms with Crippen LogP contribution >= 0.6 is 23.2 Å². The lowest BCUT2D eigenvalue weighted by Gasteiger charge is -2.11. The predicted octanol–water partition coefficient (Wildman–Crippen LogP) is 4.91. The molecule has 0 spiro atoms. The Hall–Kier alpha value is -1.86. The Morgan fingerprint density at radius 3 is 2.27 bits per heavy atom. The van der Waals surface area contributed by atoms with Crippen LogP contribution in [-0.2, 0) is 6.18 Å². The van der Waals surface area contributed by atoms with Gasteiger partial charge in [0, 0.05) is 11.8 Å². The van der Waals surface area contributed by atoms with E-state index in [-0.39, 0.29) is 16.3 Å². The van der Waals surface area contributed by atoms with E-state index in [0.29, 0.717) is 12.3 Å². The summed E-state index contributed by atoms with van der Waals surface area (Å²) < 4.78 is 51.5. The number of alkyl halides is 3. The van der Waals surface area contributed by atoms with E-state index in [4.69, 9.17) is 28.3 Å². The van der Waals surface area contributed by atoms with E-state index in [1.807, 2.05) is 0 Å². The fraction of sp³-hybridized carbons (Fsp3) is 0.0769. The van der Waals surface area contributed by atoms with Gasteiger partial charge in [-0.2, -0.15) is 13.2 Å². The van der Waals surface area contributed by atoms with Gasteiger partial charge in [0.05, 0.1) is 26.9 Å². The molecule has 1 aromatic carbocycles. The Morgan fingerprint density at radius 1 is 1.14 bits per heavy atom. The summed E-state index contributed by atoms with van der Waals surface area (Å²) in [6.07, 6.45) is -4.17. The first-order chi connectivity index (χ1) is 10.1. The minimum atomic E-state index is -4.65. The van der Waals surface area contributed by atoms with Crippen LogP contribution in [0.1, 0.15) is 15.9 Å². The summed E-state index contributed by atoms with van der Waals surface area (Å²) >= 11 is 11.3. The number of benzene rings is 1. The molecule has 0 saturated carbocycles. The van der Waals surface area contributed by atoms with Gasteiger partial charge in [-0.1, -0.05) is 23.2 Å². The van der Waals surface area contributed by atoms with Gasteiger partial charge in [0.25, 0.3) is 0 Å². The number of halogens is 6. The van der Waals surface area contributed by atoms with Crippen LogP contribution in [0.25, 0.3) is 11.3 Å². The first-order valence-electron chi connectivity index (χ1n) is 5.56. The SMILES string of the molecule is O=C(O)c1cc(-c2ncc(C(F)(F)F)cc2Cl)c(F)cc1Cl. The smallest absolute Gasteiger partial charge is 0.417 e. The number of hydrogen-bond acceptors (Lipinski definition) is 2. The molecular weight excluding hydrogens is 349 g/mol. The van der Waals surface area contributed by atoms with Crippen molar-refractivity contribution in [1.29, 1.82) is 0 Å². The molecule has 3 nitrogen and oxygen atoms in total. The van der Waals surface area contributed by atoms with Crippen LogP contribution in [-0.4, -0.2) is 16.1 Å². The molecule has 0 fully saturated rings. The highest BCUT2D eigenvalue weighted by atomic mass is 35.5. The normalized spacial score (nSPS) is 11.5. The minimum Gasteiger partial charge on any atom is -0.478 e. The first-order valence-corrected chi connectivity index (χ1v) is 6.32. The zero-order valence-electron chi connectivity index (χ0n) is 10.4. The first kappa shape index (κ1) is 16.5. The quantitative estimate of drug-likeness (QED) is 0.780. The zero-order chi connectivity index (χ0) is 16.7. The molecule has 2 rings (SSSR count). The molecule has 0 aliphatic carbocycles. The van der Waals surface area contributed by atoms with Gasteiger partial charge < -0.3 is 5.11 Å². The highest BCUT2D eigenvalue weighted by Crippen LogP contribution is 2.36. The molecule has 116 valence electrons. The van der Waals surface area contributed by atoms with Gasteiger partial charge in [-0.25, -0.2) is 9.18 Å². The van der Waals surface area contributed by atoms with E-state index in [9.17, 15) is 22.4 Å². The Morgan fingerprint density at radius 2 is 1.77 bits per heavy atom. The number of aromatic nitrogens is 1. The Kier molecular flexibility index (Phi) is 4.30. The summed E-state index contributed by atoms with van der Waals surface area (Å²) in [7, 11) is 0. The van der Waals surface area contributed by atoms with Crippen LogP contribution in [0.2, 0.25) is 10.0 Å². The van der Waals surface area contributed by atoms with E-state index in [1.165, 1.54) is 0 Å². The van der Waals surface area contributed by atoms with Gasteiger partial charge >= 0.3 is 12.1 Å². The summed E-state index contributed by atoms with van der Waals surface area (Å²) in [6, 6.07) is 2.18. The lowest BCUT2D eigenvalue weighted by Crippen LogP contribution is -2.06. The van der Waals surface area contributed by atoms with Crippen LogP contribution in [0.15, 0.2) is 24.4 Å². The van der Waals surface area contributed by atoms with Gasteiger partial charge in [0.2, 0.25) is 0 Å². The van der Waals surface area contributed by atoms with E-state index < -0.39 is 34.1 Å². The van der Waals surface area contributed by atoms with Crippen LogP contribution in [0.4, 0.5) is 17.6 Å². The van der Waals surface area contributed by atoms with Crippen molar-refractivity contribution in [2.45, 2.75) is 6.18 Å². The topological polar surface area (TPSA) is 50.2 Å². The largest absolute Gasteiger partial charge is 0.478 e. The fourth-order valence-corrected chi connectivity index (χ4v) is 2.18. The third-order valence-electron chi connectivity index (χ3n) is 2.71. The Bertz CT molecular complexity index is 762. The number of hydrogen-bond donors (Lipinski definition) is 1. The van der Waals surface area contributed by atoms with Crippen LogP contribution in [0.3, 0.4) is 0 Å². The second-order valence-electron chi connectivity index (χ2n) is 4.17. The van der Waals surface area contributed by atoms with Crippen molar-refractivity contribution in [3.63, 3.8) is 0 Å². The molecule has 1 N–H and O–H groups in total. The molecule has 0 amide bonds. The second-order valence-corrected chi connectivity index (χ2v) is 4.98. The van der Waals surface area contributed by atoms with Gasteiger partial charge in [0.1, 0.15) is 5.82 Å². The standard InChI is InChI=1S/C13H5Cl2F4NO2/c14-8-3-10(16)7(2-6(8)12(21)22)11-9(15)1-5(4-20-11)13(17,18)19/h1-4H,(H,21,22). The summed E-state index contributed by atoms with van der Waals surface area (Å²) in [5.74, 6) is -2.38. The molecule has 0 bridgehead atoms. The van der Waals surface area contributed by atoms with Crippen molar-refractivity contribution < 1.29 is 27.5 Å². The monoisotopic (exact) mass is 353 g/mol. The molecule has 0 atom stereocenters.